The molecule has 0 atom stereocenters. The average Bonchev–Trinajstić information content (AvgIpc) is 3.01. The fraction of sp³-hybridized carbons (Fsp3) is 0.286. The molecule has 1 aromatic heterocycles. The van der Waals surface area contributed by atoms with Gasteiger partial charge in [-0.1, -0.05) is 30.3 Å². The van der Waals surface area contributed by atoms with Gasteiger partial charge in [0.2, 0.25) is 11.8 Å². The van der Waals surface area contributed by atoms with Gasteiger partial charge in [0, 0.05) is 12.8 Å². The van der Waals surface area contributed by atoms with Gasteiger partial charge in [0.1, 0.15) is 19.0 Å². The van der Waals surface area contributed by atoms with Crippen LogP contribution in [0.2, 0.25) is 0 Å². The Balaban J connectivity index is 1.83. The summed E-state index contributed by atoms with van der Waals surface area (Å²) in [7, 11) is 1.46. The number of anilines is 1. The number of benzene rings is 2. The van der Waals surface area contributed by atoms with Crippen molar-refractivity contribution in [2.75, 3.05) is 19.0 Å². The summed E-state index contributed by atoms with van der Waals surface area (Å²) in [6.45, 7) is 4.22. The first kappa shape index (κ1) is 19.6. The molecule has 0 unspecified atom stereocenters. The van der Waals surface area contributed by atoms with Crippen molar-refractivity contribution < 1.29 is 14.3 Å². The van der Waals surface area contributed by atoms with Crippen molar-refractivity contribution in [2.45, 2.75) is 26.9 Å². The average molecular weight is 380 g/mol. The van der Waals surface area contributed by atoms with E-state index in [-0.39, 0.29) is 31.5 Å². The van der Waals surface area contributed by atoms with Gasteiger partial charge in [-0.15, -0.1) is 0 Å². The number of para-hydroxylation sites is 3. The maximum absolute atomic E-state index is 12.8. The normalized spacial score (nSPS) is 10.8. The van der Waals surface area contributed by atoms with Crippen LogP contribution in [0.5, 0.6) is 0 Å². The topological polar surface area (TPSA) is 85.2 Å². The van der Waals surface area contributed by atoms with Gasteiger partial charge < -0.3 is 19.9 Å². The number of ether oxygens (including phenoxy) is 1. The zero-order chi connectivity index (χ0) is 20.1. The number of carbonyl (C=O) groups is 2. The number of amides is 2. The number of aromatic nitrogens is 2. The standard InChI is InChI=1S/C21H24N4O3/c1-14-7-6-8-15(2)21(14)24-19(26)12-25-17-10-5-4-9-16(17)23-18(25)11-22-20(27)13-28-3/h4-10H,11-13H2,1-3H3,(H,22,27)(H,24,26). The van der Waals surface area contributed by atoms with Crippen molar-refractivity contribution in [3.05, 3.63) is 59.4 Å². The van der Waals surface area contributed by atoms with Crippen molar-refractivity contribution in [2.24, 2.45) is 0 Å². The quantitative estimate of drug-likeness (QED) is 0.660. The molecule has 0 aliphatic rings. The molecule has 2 amide bonds. The number of imidazole rings is 1. The lowest BCUT2D eigenvalue weighted by Gasteiger charge is -2.13. The van der Waals surface area contributed by atoms with Crippen LogP contribution in [0, 0.1) is 13.8 Å². The molecule has 0 bridgehead atoms. The van der Waals surface area contributed by atoms with Crippen LogP contribution >= 0.6 is 0 Å². The van der Waals surface area contributed by atoms with E-state index in [1.54, 1.807) is 0 Å². The SMILES string of the molecule is COCC(=O)NCc1nc2ccccc2n1CC(=O)Nc1c(C)cccc1C. The molecular formula is C21H24N4O3. The van der Waals surface area contributed by atoms with E-state index < -0.39 is 0 Å². The van der Waals surface area contributed by atoms with E-state index in [1.165, 1.54) is 7.11 Å². The summed E-state index contributed by atoms with van der Waals surface area (Å²) < 4.78 is 6.66. The highest BCUT2D eigenvalue weighted by molar-refractivity contribution is 5.93. The highest BCUT2D eigenvalue weighted by Gasteiger charge is 2.15. The number of hydrogen-bond donors (Lipinski definition) is 2. The molecule has 0 fully saturated rings. The van der Waals surface area contributed by atoms with E-state index in [9.17, 15) is 9.59 Å². The van der Waals surface area contributed by atoms with Crippen LogP contribution in [-0.2, 0) is 27.4 Å². The molecule has 0 saturated heterocycles. The van der Waals surface area contributed by atoms with E-state index in [0.29, 0.717) is 5.82 Å². The third kappa shape index (κ3) is 4.37. The van der Waals surface area contributed by atoms with Gasteiger partial charge in [0.15, 0.2) is 0 Å². The maximum atomic E-state index is 12.8. The number of hydrogen-bond acceptors (Lipinski definition) is 4. The Kier molecular flexibility index (Phi) is 6.06. The molecule has 7 nitrogen and oxygen atoms in total. The van der Waals surface area contributed by atoms with E-state index in [4.69, 9.17) is 4.74 Å². The van der Waals surface area contributed by atoms with Crippen molar-refractivity contribution in [3.8, 4) is 0 Å². The van der Waals surface area contributed by atoms with Crippen LogP contribution in [0.4, 0.5) is 5.69 Å². The fourth-order valence-corrected chi connectivity index (χ4v) is 3.13. The molecule has 1 heterocycles. The Morgan fingerprint density at radius 1 is 1.04 bits per heavy atom. The summed E-state index contributed by atoms with van der Waals surface area (Å²) >= 11 is 0. The first-order valence-corrected chi connectivity index (χ1v) is 9.05. The van der Waals surface area contributed by atoms with Crippen LogP contribution in [0.25, 0.3) is 11.0 Å². The number of aryl methyl sites for hydroxylation is 2. The minimum Gasteiger partial charge on any atom is -0.375 e. The molecule has 3 aromatic rings. The number of nitrogens with zero attached hydrogens (tertiary/aromatic N) is 2. The van der Waals surface area contributed by atoms with Gasteiger partial charge in [-0.3, -0.25) is 9.59 Å². The predicted molar refractivity (Wildman–Crippen MR) is 108 cm³/mol. The Morgan fingerprint density at radius 3 is 2.46 bits per heavy atom. The zero-order valence-corrected chi connectivity index (χ0v) is 16.3. The second-order valence-corrected chi connectivity index (χ2v) is 6.63. The number of fused-ring (bicyclic) bond motifs is 1. The molecule has 2 N–H and O–H groups in total. The van der Waals surface area contributed by atoms with E-state index in [2.05, 4.69) is 15.6 Å². The number of nitrogens with one attached hydrogen (secondary N) is 2. The third-order valence-electron chi connectivity index (χ3n) is 4.50. The zero-order valence-electron chi connectivity index (χ0n) is 16.3. The molecule has 3 rings (SSSR count). The molecule has 7 heteroatoms. The first-order chi connectivity index (χ1) is 13.5. The predicted octanol–water partition coefficient (Wildman–Crippen LogP) is 2.55. The lowest BCUT2D eigenvalue weighted by Crippen LogP contribution is -2.29. The minimum atomic E-state index is -0.235. The van der Waals surface area contributed by atoms with Gasteiger partial charge in [0.25, 0.3) is 0 Å². The van der Waals surface area contributed by atoms with Crippen LogP contribution in [0.3, 0.4) is 0 Å². The van der Waals surface area contributed by atoms with Crippen LogP contribution < -0.4 is 10.6 Å². The lowest BCUT2D eigenvalue weighted by molar-refractivity contribution is -0.124. The van der Waals surface area contributed by atoms with Crippen molar-refractivity contribution in [1.29, 1.82) is 0 Å². The summed E-state index contributed by atoms with van der Waals surface area (Å²) in [6, 6.07) is 13.5. The number of carbonyl (C=O) groups excluding carboxylic acids is 2. The fourth-order valence-electron chi connectivity index (χ4n) is 3.13. The number of methoxy groups -OCH3 is 1. The molecule has 2 aromatic carbocycles. The molecule has 28 heavy (non-hydrogen) atoms. The van der Waals surface area contributed by atoms with Crippen LogP contribution in [-0.4, -0.2) is 35.1 Å². The van der Waals surface area contributed by atoms with Crippen molar-refractivity contribution >= 4 is 28.5 Å². The largest absolute Gasteiger partial charge is 0.375 e. The summed E-state index contributed by atoms with van der Waals surface area (Å²) in [5.74, 6) is 0.230. The van der Waals surface area contributed by atoms with E-state index in [0.717, 1.165) is 27.8 Å². The number of rotatable bonds is 7. The van der Waals surface area contributed by atoms with E-state index >= 15 is 0 Å². The Bertz CT molecular complexity index is 990. The summed E-state index contributed by atoms with van der Waals surface area (Å²) in [4.78, 5) is 29.0. The Labute approximate surface area is 163 Å². The first-order valence-electron chi connectivity index (χ1n) is 9.05. The molecule has 0 aliphatic heterocycles. The second-order valence-electron chi connectivity index (χ2n) is 6.63. The minimum absolute atomic E-state index is 0.0206. The smallest absolute Gasteiger partial charge is 0.246 e. The molecular weight excluding hydrogens is 356 g/mol. The highest BCUT2D eigenvalue weighted by Crippen LogP contribution is 2.20. The van der Waals surface area contributed by atoms with Gasteiger partial charge in [-0.2, -0.15) is 0 Å². The summed E-state index contributed by atoms with van der Waals surface area (Å²) in [5.41, 5.74) is 4.46. The molecule has 0 spiro atoms. The second kappa shape index (κ2) is 8.67. The van der Waals surface area contributed by atoms with Crippen molar-refractivity contribution in [1.82, 2.24) is 14.9 Å². The molecule has 0 aliphatic carbocycles. The van der Waals surface area contributed by atoms with Crippen LogP contribution in [0.15, 0.2) is 42.5 Å². The Hall–Kier alpha value is -3.19. The van der Waals surface area contributed by atoms with Crippen LogP contribution in [0.1, 0.15) is 17.0 Å². The highest BCUT2D eigenvalue weighted by atomic mass is 16.5. The Morgan fingerprint density at radius 2 is 1.75 bits per heavy atom. The van der Waals surface area contributed by atoms with Gasteiger partial charge in [-0.05, 0) is 37.1 Å². The lowest BCUT2D eigenvalue weighted by atomic mass is 10.1. The molecule has 146 valence electrons. The summed E-state index contributed by atoms with van der Waals surface area (Å²) in [6.07, 6.45) is 0. The molecule has 0 radical (unpaired) electrons. The third-order valence-corrected chi connectivity index (χ3v) is 4.50. The summed E-state index contributed by atoms with van der Waals surface area (Å²) in [5, 5.41) is 5.76. The van der Waals surface area contributed by atoms with Gasteiger partial charge in [-0.25, -0.2) is 4.98 Å². The van der Waals surface area contributed by atoms with Crippen molar-refractivity contribution in [3.63, 3.8) is 0 Å². The van der Waals surface area contributed by atoms with Gasteiger partial charge in [0.05, 0.1) is 17.6 Å². The maximum Gasteiger partial charge on any atom is 0.246 e. The molecule has 0 saturated carbocycles. The van der Waals surface area contributed by atoms with Gasteiger partial charge >= 0.3 is 0 Å². The monoisotopic (exact) mass is 380 g/mol. The van der Waals surface area contributed by atoms with E-state index in [1.807, 2.05) is 60.9 Å².